The predicted molar refractivity (Wildman–Crippen MR) is 106 cm³/mol. The molecule has 4 heteroatoms. The monoisotopic (exact) mass is 372 g/mol. The first kappa shape index (κ1) is 19.3. The number of halogens is 2. The van der Waals surface area contributed by atoms with Crippen LogP contribution < -0.4 is 0 Å². The maximum absolute atomic E-state index is 15.8. The Bertz CT molecular complexity index is 1060. The second-order valence-corrected chi connectivity index (χ2v) is 7.10. The van der Waals surface area contributed by atoms with Crippen molar-refractivity contribution < 1.29 is 8.78 Å². The number of nitrogens with zero attached hydrogens (tertiary/aromatic N) is 2. The van der Waals surface area contributed by atoms with Crippen LogP contribution >= 0.6 is 0 Å². The van der Waals surface area contributed by atoms with E-state index in [1.165, 1.54) is 0 Å². The van der Waals surface area contributed by atoms with Crippen LogP contribution in [-0.4, -0.2) is 0 Å². The third-order valence-electron chi connectivity index (χ3n) is 4.62. The van der Waals surface area contributed by atoms with Gasteiger partial charge < -0.3 is 0 Å². The average molecular weight is 372 g/mol. The molecule has 0 amide bonds. The van der Waals surface area contributed by atoms with Gasteiger partial charge in [0.15, 0.2) is 5.82 Å². The summed E-state index contributed by atoms with van der Waals surface area (Å²) in [6.45, 7) is 7.41. The Hall–Kier alpha value is -3.50. The van der Waals surface area contributed by atoms with Crippen LogP contribution in [0.4, 0.5) is 8.78 Å². The zero-order valence-corrected chi connectivity index (χ0v) is 16.1. The van der Waals surface area contributed by atoms with Crippen LogP contribution in [-0.2, 0) is 0 Å². The number of rotatable bonds is 2. The molecule has 0 spiro atoms. The Morgan fingerprint density at radius 2 is 0.893 bits per heavy atom. The van der Waals surface area contributed by atoms with Gasteiger partial charge in [0.1, 0.15) is 18.0 Å². The Balaban J connectivity index is 2.50. The van der Waals surface area contributed by atoms with Crippen molar-refractivity contribution in [2.24, 2.45) is 0 Å². The molecule has 0 aliphatic rings. The summed E-state index contributed by atoms with van der Waals surface area (Å²) in [7, 11) is 0. The Morgan fingerprint density at radius 1 is 0.571 bits per heavy atom. The molecule has 28 heavy (non-hydrogen) atoms. The first-order chi connectivity index (χ1) is 13.3. The van der Waals surface area contributed by atoms with Crippen molar-refractivity contribution in [2.75, 3.05) is 0 Å². The Kier molecular flexibility index (Phi) is 4.99. The van der Waals surface area contributed by atoms with Crippen molar-refractivity contribution >= 4 is 0 Å². The highest BCUT2D eigenvalue weighted by atomic mass is 19.1. The molecule has 0 saturated heterocycles. The van der Waals surface area contributed by atoms with E-state index in [1.54, 1.807) is 36.4 Å². The van der Waals surface area contributed by atoms with E-state index in [2.05, 4.69) is 0 Å². The van der Waals surface area contributed by atoms with Crippen LogP contribution in [0, 0.1) is 62.0 Å². The molecule has 0 saturated carbocycles. The number of hydrogen-bond acceptors (Lipinski definition) is 2. The van der Waals surface area contributed by atoms with Crippen molar-refractivity contribution in [1.82, 2.24) is 0 Å². The molecule has 0 unspecified atom stereocenters. The van der Waals surface area contributed by atoms with Gasteiger partial charge in [0.25, 0.3) is 0 Å². The molecular weight excluding hydrogens is 354 g/mol. The fraction of sp³-hybridized carbons (Fsp3) is 0.167. The van der Waals surface area contributed by atoms with Crippen molar-refractivity contribution in [3.05, 3.63) is 81.4 Å². The van der Waals surface area contributed by atoms with E-state index in [4.69, 9.17) is 0 Å². The van der Waals surface area contributed by atoms with Crippen LogP contribution in [0.5, 0.6) is 0 Å². The molecule has 0 radical (unpaired) electrons. The SMILES string of the molecule is Cc1cc(C)cc(-c2c(F)c(-c3cc(C)cc(C)c3)c(C#N)c(F)c2C#N)c1. The highest BCUT2D eigenvalue weighted by Crippen LogP contribution is 2.39. The van der Waals surface area contributed by atoms with Gasteiger partial charge in [0.05, 0.1) is 11.1 Å². The predicted octanol–water partition coefficient (Wildman–Crippen LogP) is 6.28. The van der Waals surface area contributed by atoms with E-state index < -0.39 is 22.8 Å². The largest absolute Gasteiger partial charge is 0.206 e. The summed E-state index contributed by atoms with van der Waals surface area (Å²) in [5, 5.41) is 19.1. The van der Waals surface area contributed by atoms with Gasteiger partial charge in [-0.05, 0) is 38.8 Å². The molecule has 3 rings (SSSR count). The number of aryl methyl sites for hydroxylation is 4. The molecule has 0 N–H and O–H groups in total. The van der Waals surface area contributed by atoms with E-state index >= 15 is 8.78 Å². The lowest BCUT2D eigenvalue weighted by Crippen LogP contribution is -2.04. The molecule has 0 fully saturated rings. The van der Waals surface area contributed by atoms with Gasteiger partial charge in [-0.1, -0.05) is 58.7 Å². The maximum atomic E-state index is 15.8. The summed E-state index contributed by atoms with van der Waals surface area (Å²) >= 11 is 0. The third-order valence-corrected chi connectivity index (χ3v) is 4.62. The zero-order chi connectivity index (χ0) is 20.6. The van der Waals surface area contributed by atoms with Crippen molar-refractivity contribution in [3.63, 3.8) is 0 Å². The molecule has 0 bridgehead atoms. The van der Waals surface area contributed by atoms with Crippen molar-refractivity contribution in [3.8, 4) is 34.4 Å². The van der Waals surface area contributed by atoms with Crippen LogP contribution in [0.25, 0.3) is 22.3 Å². The minimum Gasteiger partial charge on any atom is -0.206 e. The number of benzene rings is 3. The Morgan fingerprint density at radius 3 is 1.18 bits per heavy atom. The van der Waals surface area contributed by atoms with Gasteiger partial charge in [0, 0.05) is 11.1 Å². The quantitative estimate of drug-likeness (QED) is 0.532. The summed E-state index contributed by atoms with van der Waals surface area (Å²) < 4.78 is 30.9. The molecule has 3 aromatic carbocycles. The minimum absolute atomic E-state index is 0.111. The van der Waals surface area contributed by atoms with E-state index in [-0.39, 0.29) is 11.1 Å². The van der Waals surface area contributed by atoms with E-state index in [9.17, 15) is 10.5 Å². The van der Waals surface area contributed by atoms with Gasteiger partial charge in [-0.2, -0.15) is 10.5 Å². The first-order valence-corrected chi connectivity index (χ1v) is 8.79. The average Bonchev–Trinajstić information content (AvgIpc) is 2.60. The van der Waals surface area contributed by atoms with E-state index in [1.807, 2.05) is 39.8 Å². The van der Waals surface area contributed by atoms with Gasteiger partial charge in [-0.3, -0.25) is 0 Å². The maximum Gasteiger partial charge on any atom is 0.160 e. The van der Waals surface area contributed by atoms with Crippen molar-refractivity contribution in [2.45, 2.75) is 27.7 Å². The summed E-state index contributed by atoms with van der Waals surface area (Å²) in [5.41, 5.74) is 3.19. The van der Waals surface area contributed by atoms with E-state index in [0.29, 0.717) is 11.1 Å². The van der Waals surface area contributed by atoms with Crippen LogP contribution in [0.1, 0.15) is 33.4 Å². The molecule has 0 atom stereocenters. The Labute approximate surface area is 163 Å². The second-order valence-electron chi connectivity index (χ2n) is 7.10. The molecule has 2 nitrogen and oxygen atoms in total. The smallest absolute Gasteiger partial charge is 0.160 e. The van der Waals surface area contributed by atoms with Gasteiger partial charge >= 0.3 is 0 Å². The molecule has 0 aliphatic heterocycles. The highest BCUT2D eigenvalue weighted by molar-refractivity contribution is 5.83. The van der Waals surface area contributed by atoms with E-state index in [0.717, 1.165) is 22.3 Å². The van der Waals surface area contributed by atoms with Crippen LogP contribution in [0.15, 0.2) is 36.4 Å². The molecule has 0 heterocycles. The normalized spacial score (nSPS) is 10.4. The highest BCUT2D eigenvalue weighted by Gasteiger charge is 2.27. The molecule has 138 valence electrons. The summed E-state index contributed by atoms with van der Waals surface area (Å²) in [6.07, 6.45) is 0. The summed E-state index contributed by atoms with van der Waals surface area (Å²) in [6, 6.07) is 14.2. The van der Waals surface area contributed by atoms with Gasteiger partial charge in [-0.15, -0.1) is 0 Å². The molecular formula is C24H18F2N2. The summed E-state index contributed by atoms with van der Waals surface area (Å²) in [5.74, 6) is -1.75. The molecule has 3 aromatic rings. The fourth-order valence-corrected chi connectivity index (χ4v) is 3.68. The summed E-state index contributed by atoms with van der Waals surface area (Å²) in [4.78, 5) is 0. The lowest BCUT2D eigenvalue weighted by molar-refractivity contribution is 0.599. The minimum atomic E-state index is -0.991. The lowest BCUT2D eigenvalue weighted by Gasteiger charge is -2.16. The zero-order valence-electron chi connectivity index (χ0n) is 16.1. The number of hydrogen-bond donors (Lipinski definition) is 0. The first-order valence-electron chi connectivity index (χ1n) is 8.79. The topological polar surface area (TPSA) is 47.6 Å². The third kappa shape index (κ3) is 3.26. The second kappa shape index (κ2) is 7.25. The van der Waals surface area contributed by atoms with Crippen LogP contribution in [0.3, 0.4) is 0 Å². The molecule has 0 aromatic heterocycles. The fourth-order valence-electron chi connectivity index (χ4n) is 3.68. The van der Waals surface area contributed by atoms with Crippen molar-refractivity contribution in [1.29, 1.82) is 10.5 Å². The number of nitriles is 2. The standard InChI is InChI=1S/C24H18F2N2/c1-13-5-14(2)8-17(7-13)21-19(11-27)23(25)20(12-28)22(24(21)26)18-9-15(3)6-16(4)10-18/h5-10H,1-4H3. The molecule has 0 aliphatic carbocycles. The van der Waals surface area contributed by atoms with Gasteiger partial charge in [0.2, 0.25) is 0 Å². The van der Waals surface area contributed by atoms with Crippen LogP contribution in [0.2, 0.25) is 0 Å². The van der Waals surface area contributed by atoms with Gasteiger partial charge in [-0.25, -0.2) is 8.78 Å². The lowest BCUT2D eigenvalue weighted by atomic mass is 9.88.